The molecule has 1 saturated carbocycles. The SMILES string of the molecule is CCCOc1cc(OC)cc(C(C)N(C(=O)OC(C)(C)C)C2CC2)c1. The average molecular weight is 349 g/mol. The molecule has 0 heterocycles. The molecule has 0 bridgehead atoms. The van der Waals surface area contributed by atoms with E-state index in [9.17, 15) is 4.79 Å². The van der Waals surface area contributed by atoms with Crippen LogP contribution in [0, 0.1) is 0 Å². The summed E-state index contributed by atoms with van der Waals surface area (Å²) < 4.78 is 16.8. The van der Waals surface area contributed by atoms with Gasteiger partial charge in [0.1, 0.15) is 17.1 Å². The Bertz CT molecular complexity index is 590. The van der Waals surface area contributed by atoms with Crippen LogP contribution < -0.4 is 9.47 Å². The van der Waals surface area contributed by atoms with Crippen LogP contribution in [-0.2, 0) is 4.74 Å². The fourth-order valence-corrected chi connectivity index (χ4v) is 2.71. The van der Waals surface area contributed by atoms with Crippen molar-refractivity contribution in [1.29, 1.82) is 0 Å². The van der Waals surface area contributed by atoms with E-state index in [0.717, 1.165) is 36.3 Å². The van der Waals surface area contributed by atoms with Crippen LogP contribution in [0.3, 0.4) is 0 Å². The summed E-state index contributed by atoms with van der Waals surface area (Å²) in [6, 6.07) is 5.96. The number of nitrogens with zero attached hydrogens (tertiary/aromatic N) is 1. The highest BCUT2D eigenvalue weighted by molar-refractivity contribution is 5.70. The van der Waals surface area contributed by atoms with Crippen molar-refractivity contribution in [3.05, 3.63) is 23.8 Å². The molecule has 1 fully saturated rings. The normalized spacial score (nSPS) is 15.4. The predicted octanol–water partition coefficient (Wildman–Crippen LogP) is 4.94. The van der Waals surface area contributed by atoms with Crippen LogP contribution in [0.15, 0.2) is 18.2 Å². The molecule has 2 rings (SSSR count). The van der Waals surface area contributed by atoms with E-state index >= 15 is 0 Å². The highest BCUT2D eigenvalue weighted by Gasteiger charge is 2.38. The van der Waals surface area contributed by atoms with Gasteiger partial charge >= 0.3 is 6.09 Å². The molecule has 5 nitrogen and oxygen atoms in total. The first-order chi connectivity index (χ1) is 11.7. The Morgan fingerprint density at radius 1 is 1.24 bits per heavy atom. The third-order valence-electron chi connectivity index (χ3n) is 4.06. The summed E-state index contributed by atoms with van der Waals surface area (Å²) in [5.41, 5.74) is 0.483. The fraction of sp³-hybridized carbons (Fsp3) is 0.650. The lowest BCUT2D eigenvalue weighted by molar-refractivity contribution is 0.0153. The van der Waals surface area contributed by atoms with Gasteiger partial charge in [0.25, 0.3) is 0 Å². The van der Waals surface area contributed by atoms with Crippen molar-refractivity contribution in [2.24, 2.45) is 0 Å². The Balaban J connectivity index is 2.25. The van der Waals surface area contributed by atoms with Crippen LogP contribution in [0.25, 0.3) is 0 Å². The van der Waals surface area contributed by atoms with Gasteiger partial charge in [-0.3, -0.25) is 4.90 Å². The number of hydrogen-bond acceptors (Lipinski definition) is 4. The second-order valence-corrected chi connectivity index (χ2v) is 7.59. The first-order valence-electron chi connectivity index (χ1n) is 9.08. The van der Waals surface area contributed by atoms with Crippen LogP contribution >= 0.6 is 0 Å². The fourth-order valence-electron chi connectivity index (χ4n) is 2.71. The summed E-state index contributed by atoms with van der Waals surface area (Å²) in [6.45, 7) is 10.4. The molecule has 1 unspecified atom stereocenters. The van der Waals surface area contributed by atoms with Gasteiger partial charge in [-0.05, 0) is 64.7 Å². The summed E-state index contributed by atoms with van der Waals surface area (Å²) in [7, 11) is 1.64. The monoisotopic (exact) mass is 349 g/mol. The molecule has 25 heavy (non-hydrogen) atoms. The second-order valence-electron chi connectivity index (χ2n) is 7.59. The Kier molecular flexibility index (Phi) is 6.20. The standard InChI is InChI=1S/C20H31NO4/c1-7-10-24-18-12-15(11-17(13-18)23-6)14(2)21(16-8-9-16)19(22)25-20(3,4)5/h11-14,16H,7-10H2,1-6H3. The van der Waals surface area contributed by atoms with Gasteiger partial charge in [0, 0.05) is 12.1 Å². The average Bonchev–Trinajstić information content (AvgIpc) is 3.35. The summed E-state index contributed by atoms with van der Waals surface area (Å²) in [5, 5.41) is 0. The first-order valence-corrected chi connectivity index (χ1v) is 9.08. The van der Waals surface area contributed by atoms with Gasteiger partial charge in [-0.25, -0.2) is 4.79 Å². The largest absolute Gasteiger partial charge is 0.497 e. The third kappa shape index (κ3) is 5.55. The molecule has 0 saturated heterocycles. The molecule has 5 heteroatoms. The van der Waals surface area contributed by atoms with Gasteiger partial charge in [-0.15, -0.1) is 0 Å². The number of carbonyl (C=O) groups is 1. The number of benzene rings is 1. The minimum absolute atomic E-state index is 0.110. The molecular weight excluding hydrogens is 318 g/mol. The topological polar surface area (TPSA) is 48.0 Å². The Morgan fingerprint density at radius 2 is 1.88 bits per heavy atom. The van der Waals surface area contributed by atoms with E-state index in [1.54, 1.807) is 7.11 Å². The van der Waals surface area contributed by atoms with Crippen molar-refractivity contribution in [1.82, 2.24) is 4.90 Å². The van der Waals surface area contributed by atoms with Gasteiger partial charge < -0.3 is 14.2 Å². The number of amides is 1. The molecule has 0 aliphatic heterocycles. The second kappa shape index (κ2) is 7.98. The molecule has 1 aromatic rings. The van der Waals surface area contributed by atoms with Crippen molar-refractivity contribution in [2.75, 3.05) is 13.7 Å². The highest BCUT2D eigenvalue weighted by Crippen LogP contribution is 2.37. The van der Waals surface area contributed by atoms with Crippen LogP contribution in [0.4, 0.5) is 4.79 Å². The number of carbonyl (C=O) groups excluding carboxylic acids is 1. The van der Waals surface area contributed by atoms with E-state index in [2.05, 4.69) is 6.92 Å². The van der Waals surface area contributed by atoms with Gasteiger partial charge in [0.05, 0.1) is 19.8 Å². The number of ether oxygens (including phenoxy) is 3. The molecule has 1 atom stereocenters. The van der Waals surface area contributed by atoms with Crippen LogP contribution in [-0.4, -0.2) is 36.4 Å². The van der Waals surface area contributed by atoms with E-state index in [4.69, 9.17) is 14.2 Å². The molecule has 0 spiro atoms. The maximum Gasteiger partial charge on any atom is 0.411 e. The van der Waals surface area contributed by atoms with Crippen LogP contribution in [0.5, 0.6) is 11.5 Å². The zero-order chi connectivity index (χ0) is 18.6. The van der Waals surface area contributed by atoms with Crippen molar-refractivity contribution < 1.29 is 19.0 Å². The molecule has 0 N–H and O–H groups in total. The molecule has 0 aromatic heterocycles. The Morgan fingerprint density at radius 3 is 2.40 bits per heavy atom. The number of hydrogen-bond donors (Lipinski definition) is 0. The molecule has 1 aliphatic rings. The lowest BCUT2D eigenvalue weighted by Crippen LogP contribution is -2.39. The van der Waals surface area contributed by atoms with Gasteiger partial charge in [0.15, 0.2) is 0 Å². The molecule has 140 valence electrons. The Hall–Kier alpha value is -1.91. The van der Waals surface area contributed by atoms with Crippen molar-refractivity contribution >= 4 is 6.09 Å². The zero-order valence-electron chi connectivity index (χ0n) is 16.3. The van der Waals surface area contributed by atoms with Crippen LogP contribution in [0.1, 0.15) is 65.5 Å². The maximum absolute atomic E-state index is 12.7. The predicted molar refractivity (Wildman–Crippen MR) is 98.3 cm³/mol. The molecular formula is C20H31NO4. The van der Waals surface area contributed by atoms with Crippen molar-refractivity contribution in [3.8, 4) is 11.5 Å². The maximum atomic E-state index is 12.7. The third-order valence-corrected chi connectivity index (χ3v) is 4.06. The number of methoxy groups -OCH3 is 1. The minimum Gasteiger partial charge on any atom is -0.497 e. The smallest absolute Gasteiger partial charge is 0.411 e. The van der Waals surface area contributed by atoms with Gasteiger partial charge in [0.2, 0.25) is 0 Å². The zero-order valence-corrected chi connectivity index (χ0v) is 16.3. The minimum atomic E-state index is -0.506. The van der Waals surface area contributed by atoms with E-state index < -0.39 is 5.60 Å². The van der Waals surface area contributed by atoms with Crippen molar-refractivity contribution in [3.63, 3.8) is 0 Å². The quantitative estimate of drug-likeness (QED) is 0.699. The molecule has 1 amide bonds. The summed E-state index contributed by atoms with van der Waals surface area (Å²) >= 11 is 0. The summed E-state index contributed by atoms with van der Waals surface area (Å²) in [5.74, 6) is 1.50. The van der Waals surface area contributed by atoms with Gasteiger partial charge in [-0.1, -0.05) is 6.92 Å². The number of rotatable bonds is 7. The molecule has 1 aliphatic carbocycles. The molecule has 1 aromatic carbocycles. The summed E-state index contributed by atoms with van der Waals surface area (Å²) in [4.78, 5) is 14.6. The van der Waals surface area contributed by atoms with E-state index in [-0.39, 0.29) is 18.2 Å². The summed E-state index contributed by atoms with van der Waals surface area (Å²) in [6.07, 6.45) is 2.72. The van der Waals surface area contributed by atoms with Gasteiger partial charge in [-0.2, -0.15) is 0 Å². The molecule has 0 radical (unpaired) electrons. The first kappa shape index (κ1) is 19.4. The van der Waals surface area contributed by atoms with E-state index in [0.29, 0.717) is 6.61 Å². The lowest BCUT2D eigenvalue weighted by atomic mass is 10.1. The lowest BCUT2D eigenvalue weighted by Gasteiger charge is -2.32. The van der Waals surface area contributed by atoms with Crippen molar-refractivity contribution in [2.45, 2.75) is 71.6 Å². The van der Waals surface area contributed by atoms with Crippen LogP contribution in [0.2, 0.25) is 0 Å². The van der Waals surface area contributed by atoms with E-state index in [1.807, 2.05) is 50.8 Å². The Labute approximate surface area is 151 Å². The van der Waals surface area contributed by atoms with E-state index in [1.165, 1.54) is 0 Å². The highest BCUT2D eigenvalue weighted by atomic mass is 16.6.